The van der Waals surface area contributed by atoms with Gasteiger partial charge < -0.3 is 5.32 Å². The van der Waals surface area contributed by atoms with Crippen molar-refractivity contribution in [1.29, 1.82) is 0 Å². The lowest BCUT2D eigenvalue weighted by Crippen LogP contribution is -2.26. The fourth-order valence-electron chi connectivity index (χ4n) is 2.14. The van der Waals surface area contributed by atoms with Crippen LogP contribution in [0.25, 0.3) is 0 Å². The van der Waals surface area contributed by atoms with Gasteiger partial charge in [0, 0.05) is 6.04 Å². The number of rotatable bonds is 12. The molecular weight excluding hydrogens is 194 g/mol. The monoisotopic (exact) mass is 227 g/mol. The van der Waals surface area contributed by atoms with Crippen LogP contribution in [-0.4, -0.2) is 12.6 Å². The van der Waals surface area contributed by atoms with Crippen molar-refractivity contribution in [3.05, 3.63) is 0 Å². The lowest BCUT2D eigenvalue weighted by molar-refractivity contribution is 0.485. The van der Waals surface area contributed by atoms with Crippen LogP contribution in [0.4, 0.5) is 0 Å². The fraction of sp³-hybridized carbons (Fsp3) is 1.00. The summed E-state index contributed by atoms with van der Waals surface area (Å²) in [6.07, 6.45) is 14.0. The molecule has 1 heteroatoms. The SMILES string of the molecule is CCCCCCCCCCNC(C)CCC. The van der Waals surface area contributed by atoms with Crippen molar-refractivity contribution in [3.8, 4) is 0 Å². The molecule has 0 fully saturated rings. The van der Waals surface area contributed by atoms with Crippen LogP contribution in [0.3, 0.4) is 0 Å². The second-order valence-electron chi connectivity index (χ2n) is 5.12. The third-order valence-electron chi connectivity index (χ3n) is 3.24. The first-order chi connectivity index (χ1) is 7.81. The molecule has 1 N–H and O–H groups in total. The minimum atomic E-state index is 0.717. The van der Waals surface area contributed by atoms with E-state index in [9.17, 15) is 0 Å². The molecule has 0 amide bonds. The Hall–Kier alpha value is -0.0400. The van der Waals surface area contributed by atoms with Crippen LogP contribution in [0.5, 0.6) is 0 Å². The molecule has 0 aliphatic heterocycles. The molecule has 0 radical (unpaired) electrons. The van der Waals surface area contributed by atoms with E-state index < -0.39 is 0 Å². The van der Waals surface area contributed by atoms with E-state index in [1.54, 1.807) is 0 Å². The molecule has 0 aromatic heterocycles. The molecule has 16 heavy (non-hydrogen) atoms. The first kappa shape index (κ1) is 16.0. The smallest absolute Gasteiger partial charge is 0.00386 e. The maximum Gasteiger partial charge on any atom is 0.00386 e. The highest BCUT2D eigenvalue weighted by molar-refractivity contribution is 4.59. The topological polar surface area (TPSA) is 12.0 Å². The minimum absolute atomic E-state index is 0.717. The second-order valence-corrected chi connectivity index (χ2v) is 5.12. The van der Waals surface area contributed by atoms with Gasteiger partial charge >= 0.3 is 0 Å². The molecule has 0 heterocycles. The lowest BCUT2D eigenvalue weighted by atomic mass is 10.1. The summed E-state index contributed by atoms with van der Waals surface area (Å²) in [6, 6.07) is 0.717. The molecule has 0 aromatic rings. The van der Waals surface area contributed by atoms with E-state index in [0.29, 0.717) is 0 Å². The van der Waals surface area contributed by atoms with Gasteiger partial charge in [0.2, 0.25) is 0 Å². The van der Waals surface area contributed by atoms with Crippen LogP contribution in [0, 0.1) is 0 Å². The summed E-state index contributed by atoms with van der Waals surface area (Å²) >= 11 is 0. The van der Waals surface area contributed by atoms with E-state index in [1.165, 1.54) is 70.8 Å². The van der Waals surface area contributed by atoms with E-state index in [2.05, 4.69) is 26.1 Å². The maximum absolute atomic E-state index is 3.59. The van der Waals surface area contributed by atoms with E-state index in [-0.39, 0.29) is 0 Å². The summed E-state index contributed by atoms with van der Waals surface area (Å²) in [5.41, 5.74) is 0. The van der Waals surface area contributed by atoms with Gasteiger partial charge in [-0.2, -0.15) is 0 Å². The van der Waals surface area contributed by atoms with Gasteiger partial charge in [-0.15, -0.1) is 0 Å². The largest absolute Gasteiger partial charge is 0.314 e. The van der Waals surface area contributed by atoms with Crippen LogP contribution >= 0.6 is 0 Å². The summed E-state index contributed by atoms with van der Waals surface area (Å²) < 4.78 is 0. The Morgan fingerprint density at radius 3 is 1.88 bits per heavy atom. The Labute approximate surface area is 103 Å². The molecule has 0 aliphatic carbocycles. The quantitative estimate of drug-likeness (QED) is 0.467. The van der Waals surface area contributed by atoms with Gasteiger partial charge in [0.15, 0.2) is 0 Å². The summed E-state index contributed by atoms with van der Waals surface area (Å²) in [5.74, 6) is 0. The maximum atomic E-state index is 3.59. The molecule has 1 unspecified atom stereocenters. The highest BCUT2D eigenvalue weighted by atomic mass is 14.9. The Morgan fingerprint density at radius 2 is 1.31 bits per heavy atom. The zero-order chi connectivity index (χ0) is 12.1. The average molecular weight is 227 g/mol. The standard InChI is InChI=1S/C15H33N/c1-4-6-7-8-9-10-11-12-14-16-15(3)13-5-2/h15-16H,4-14H2,1-3H3. The van der Waals surface area contributed by atoms with Crippen molar-refractivity contribution in [3.63, 3.8) is 0 Å². The van der Waals surface area contributed by atoms with Crippen molar-refractivity contribution in [2.45, 2.75) is 91.0 Å². The molecule has 0 saturated carbocycles. The van der Waals surface area contributed by atoms with Crippen LogP contribution in [-0.2, 0) is 0 Å². The predicted octanol–water partition coefficient (Wildman–Crippen LogP) is 4.91. The number of hydrogen-bond acceptors (Lipinski definition) is 1. The summed E-state index contributed by atoms with van der Waals surface area (Å²) in [5, 5.41) is 3.59. The van der Waals surface area contributed by atoms with Crippen LogP contribution in [0.1, 0.15) is 85.0 Å². The van der Waals surface area contributed by atoms with E-state index in [1.807, 2.05) is 0 Å². The molecule has 1 nitrogen and oxygen atoms in total. The number of hydrogen-bond donors (Lipinski definition) is 1. The Kier molecular flexibility index (Phi) is 13.0. The van der Waals surface area contributed by atoms with Crippen molar-refractivity contribution in [1.82, 2.24) is 5.32 Å². The highest BCUT2D eigenvalue weighted by Crippen LogP contribution is 2.08. The molecule has 0 rings (SSSR count). The lowest BCUT2D eigenvalue weighted by Gasteiger charge is -2.12. The molecule has 98 valence electrons. The molecule has 0 spiro atoms. The van der Waals surface area contributed by atoms with Crippen molar-refractivity contribution in [2.75, 3.05) is 6.54 Å². The van der Waals surface area contributed by atoms with Crippen molar-refractivity contribution >= 4 is 0 Å². The average Bonchev–Trinajstić information content (AvgIpc) is 2.27. The van der Waals surface area contributed by atoms with Crippen molar-refractivity contribution in [2.24, 2.45) is 0 Å². The minimum Gasteiger partial charge on any atom is -0.314 e. The molecule has 1 atom stereocenters. The van der Waals surface area contributed by atoms with Gasteiger partial charge in [-0.3, -0.25) is 0 Å². The second kappa shape index (κ2) is 13.0. The van der Waals surface area contributed by atoms with Crippen LogP contribution in [0.15, 0.2) is 0 Å². The van der Waals surface area contributed by atoms with Crippen LogP contribution < -0.4 is 5.32 Å². The number of nitrogens with one attached hydrogen (secondary N) is 1. The van der Waals surface area contributed by atoms with Crippen molar-refractivity contribution < 1.29 is 0 Å². The molecule has 0 aromatic carbocycles. The summed E-state index contributed by atoms with van der Waals surface area (Å²) in [6.45, 7) is 8.06. The molecule has 0 aliphatic rings. The van der Waals surface area contributed by atoms with E-state index in [0.717, 1.165) is 6.04 Å². The third-order valence-corrected chi connectivity index (χ3v) is 3.24. The van der Waals surface area contributed by atoms with Gasteiger partial charge in [0.25, 0.3) is 0 Å². The first-order valence-corrected chi connectivity index (χ1v) is 7.54. The van der Waals surface area contributed by atoms with E-state index in [4.69, 9.17) is 0 Å². The van der Waals surface area contributed by atoms with Crippen LogP contribution in [0.2, 0.25) is 0 Å². The van der Waals surface area contributed by atoms with Gasteiger partial charge in [-0.1, -0.05) is 65.2 Å². The molecule has 0 saturated heterocycles. The zero-order valence-corrected chi connectivity index (χ0v) is 11.9. The Balaban J connectivity index is 2.98. The zero-order valence-electron chi connectivity index (χ0n) is 11.9. The van der Waals surface area contributed by atoms with Gasteiger partial charge in [-0.25, -0.2) is 0 Å². The summed E-state index contributed by atoms with van der Waals surface area (Å²) in [4.78, 5) is 0. The molecular formula is C15H33N. The van der Waals surface area contributed by atoms with Gasteiger partial charge in [-0.05, 0) is 26.3 Å². The fourth-order valence-corrected chi connectivity index (χ4v) is 2.14. The number of unbranched alkanes of at least 4 members (excludes halogenated alkanes) is 7. The first-order valence-electron chi connectivity index (χ1n) is 7.54. The van der Waals surface area contributed by atoms with Gasteiger partial charge in [0.05, 0.1) is 0 Å². The Bertz CT molecular complexity index is 123. The Morgan fingerprint density at radius 1 is 0.750 bits per heavy atom. The van der Waals surface area contributed by atoms with Gasteiger partial charge in [0.1, 0.15) is 0 Å². The predicted molar refractivity (Wildman–Crippen MR) is 75.0 cm³/mol. The summed E-state index contributed by atoms with van der Waals surface area (Å²) in [7, 11) is 0. The molecule has 0 bridgehead atoms. The normalized spacial score (nSPS) is 12.9. The third kappa shape index (κ3) is 12.0. The highest BCUT2D eigenvalue weighted by Gasteiger charge is 1.98. The van der Waals surface area contributed by atoms with E-state index >= 15 is 0 Å².